The number of nitrogens with one attached hydrogen (secondary N) is 1. The summed E-state index contributed by atoms with van der Waals surface area (Å²) in [6.07, 6.45) is 0. The summed E-state index contributed by atoms with van der Waals surface area (Å²) in [4.78, 5) is 40.3. The quantitative estimate of drug-likeness (QED) is 0.434. The van der Waals surface area contributed by atoms with Crippen molar-refractivity contribution in [3.8, 4) is 17.2 Å². The van der Waals surface area contributed by atoms with Crippen LogP contribution in [0.4, 0.5) is 0 Å². The van der Waals surface area contributed by atoms with Crippen LogP contribution in [0, 0.1) is 0 Å². The molecular formula is C23H13N5O2. The predicted molar refractivity (Wildman–Crippen MR) is 115 cm³/mol. The number of aromatic amines is 1. The second-order valence-electron chi connectivity index (χ2n) is 6.97. The van der Waals surface area contributed by atoms with Gasteiger partial charge < -0.3 is 0 Å². The van der Waals surface area contributed by atoms with E-state index in [1.165, 1.54) is 0 Å². The molecule has 0 unspecified atom stereocenters. The third kappa shape index (κ3) is 2.29. The molecule has 0 saturated carbocycles. The summed E-state index contributed by atoms with van der Waals surface area (Å²) in [7, 11) is 0. The zero-order chi connectivity index (χ0) is 20.2. The first-order chi connectivity index (χ1) is 14.7. The molecule has 1 aromatic heterocycles. The van der Waals surface area contributed by atoms with Gasteiger partial charge in [0.25, 0.3) is 5.56 Å². The Bertz CT molecular complexity index is 1650. The average Bonchev–Trinajstić information content (AvgIpc) is 2.77. The van der Waals surface area contributed by atoms with Gasteiger partial charge in [0.2, 0.25) is 0 Å². The van der Waals surface area contributed by atoms with Crippen molar-refractivity contribution >= 4 is 32.8 Å². The fourth-order valence-corrected chi connectivity index (χ4v) is 3.96. The summed E-state index contributed by atoms with van der Waals surface area (Å²) in [6, 6.07) is 23.1. The number of hydrogen-bond donors (Lipinski definition) is 1. The molecule has 4 aromatic rings. The summed E-state index contributed by atoms with van der Waals surface area (Å²) in [5.74, 6) is 0.212. The van der Waals surface area contributed by atoms with Gasteiger partial charge in [-0.2, -0.15) is 4.98 Å². The van der Waals surface area contributed by atoms with Gasteiger partial charge in [0.05, 0.1) is 27.8 Å². The summed E-state index contributed by atoms with van der Waals surface area (Å²) in [5, 5.41) is 1.77. The third-order valence-electron chi connectivity index (χ3n) is 5.20. The first-order valence-corrected chi connectivity index (χ1v) is 9.40. The molecule has 2 aliphatic heterocycles. The number of nitrogens with zero attached hydrogens (tertiary/aromatic N) is 4. The van der Waals surface area contributed by atoms with Crippen LogP contribution in [-0.4, -0.2) is 24.5 Å². The van der Waals surface area contributed by atoms with Gasteiger partial charge in [-0.25, -0.2) is 14.8 Å². The molecule has 3 heterocycles. The van der Waals surface area contributed by atoms with Gasteiger partial charge in [0.1, 0.15) is 0 Å². The Balaban J connectivity index is 1.96. The third-order valence-corrected chi connectivity index (χ3v) is 5.20. The van der Waals surface area contributed by atoms with Crippen molar-refractivity contribution < 1.29 is 0 Å². The van der Waals surface area contributed by atoms with E-state index in [1.54, 1.807) is 0 Å². The zero-order valence-corrected chi connectivity index (χ0v) is 15.5. The molecule has 0 radical (unpaired) electrons. The molecule has 7 heteroatoms. The Morgan fingerprint density at radius 1 is 0.667 bits per heavy atom. The fraction of sp³-hybridized carbons (Fsp3) is 0. The molecule has 142 valence electrons. The van der Waals surface area contributed by atoms with Gasteiger partial charge in [-0.3, -0.25) is 14.3 Å². The maximum Gasteiger partial charge on any atom is 0.349 e. The molecule has 6 rings (SSSR count). The lowest BCUT2D eigenvalue weighted by Crippen LogP contribution is -2.28. The van der Waals surface area contributed by atoms with Crippen LogP contribution >= 0.6 is 0 Å². The first-order valence-electron chi connectivity index (χ1n) is 9.40. The molecule has 3 aromatic carbocycles. The number of aromatic nitrogens is 5. The Labute approximate surface area is 168 Å². The maximum absolute atomic E-state index is 12.6. The van der Waals surface area contributed by atoms with Crippen molar-refractivity contribution in [3.63, 3.8) is 0 Å². The van der Waals surface area contributed by atoms with Crippen LogP contribution in [0.15, 0.2) is 82.4 Å². The molecule has 0 amide bonds. The van der Waals surface area contributed by atoms with E-state index in [4.69, 9.17) is 4.98 Å². The summed E-state index contributed by atoms with van der Waals surface area (Å²) in [5.41, 5.74) is 2.62. The van der Waals surface area contributed by atoms with Gasteiger partial charge in [-0.05, 0) is 24.3 Å². The smallest absolute Gasteiger partial charge is 0.289 e. The minimum atomic E-state index is -0.707. The molecule has 30 heavy (non-hydrogen) atoms. The second-order valence-corrected chi connectivity index (χ2v) is 6.97. The topological polar surface area (TPSA) is 93.5 Å². The molecular weight excluding hydrogens is 378 g/mol. The van der Waals surface area contributed by atoms with E-state index in [0.717, 1.165) is 33.0 Å². The maximum atomic E-state index is 12.6. The number of H-pyrrole nitrogens is 1. The largest absolute Gasteiger partial charge is 0.349 e. The van der Waals surface area contributed by atoms with Gasteiger partial charge in [0.15, 0.2) is 11.5 Å². The highest BCUT2D eigenvalue weighted by atomic mass is 16.2. The Morgan fingerprint density at radius 3 is 1.97 bits per heavy atom. The van der Waals surface area contributed by atoms with Gasteiger partial charge in [-0.15, -0.1) is 0 Å². The molecule has 0 aliphatic carbocycles. The van der Waals surface area contributed by atoms with Crippen LogP contribution in [0.1, 0.15) is 0 Å². The van der Waals surface area contributed by atoms with Crippen molar-refractivity contribution in [1.29, 1.82) is 0 Å². The first kappa shape index (κ1) is 16.6. The minimum Gasteiger partial charge on any atom is -0.289 e. The molecule has 0 spiro atoms. The van der Waals surface area contributed by atoms with E-state index in [0.29, 0.717) is 5.52 Å². The number of para-hydroxylation sites is 4. The van der Waals surface area contributed by atoms with E-state index < -0.39 is 11.2 Å². The Hall–Kier alpha value is -4.39. The number of fused-ring (bicyclic) bond motifs is 4. The minimum absolute atomic E-state index is 0.110. The molecule has 0 saturated heterocycles. The van der Waals surface area contributed by atoms with Crippen LogP contribution in [0.2, 0.25) is 0 Å². The molecule has 2 aliphatic rings. The van der Waals surface area contributed by atoms with E-state index in [-0.39, 0.29) is 11.5 Å². The lowest BCUT2D eigenvalue weighted by atomic mass is 10.1. The fourth-order valence-electron chi connectivity index (χ4n) is 3.96. The van der Waals surface area contributed by atoms with Gasteiger partial charge in [0, 0.05) is 10.8 Å². The molecule has 7 nitrogen and oxygen atoms in total. The van der Waals surface area contributed by atoms with Gasteiger partial charge in [-0.1, -0.05) is 48.5 Å². The van der Waals surface area contributed by atoms with E-state index in [1.807, 2.05) is 77.4 Å². The summed E-state index contributed by atoms with van der Waals surface area (Å²) >= 11 is 0. The lowest BCUT2D eigenvalue weighted by molar-refractivity contribution is 0.943. The van der Waals surface area contributed by atoms with E-state index >= 15 is 0 Å². The van der Waals surface area contributed by atoms with Crippen molar-refractivity contribution in [2.24, 2.45) is 0 Å². The van der Waals surface area contributed by atoms with Crippen LogP contribution in [0.3, 0.4) is 0 Å². The van der Waals surface area contributed by atoms with E-state index in [2.05, 4.69) is 15.0 Å². The standard InChI is InChI=1S/C23H13N5O2/c29-22-19-21(26-23(30)27-22)28(18-12-6-5-11-17(18)25-19)20-13-7-1-3-9-15(13)24-16-10-4-2-8-14(16)20/h1-12H,(H,27,29,30). The number of hydrogen-bond acceptors (Lipinski definition) is 5. The molecule has 0 atom stereocenters. The Kier molecular flexibility index (Phi) is 3.34. The van der Waals surface area contributed by atoms with Gasteiger partial charge >= 0.3 is 5.69 Å². The van der Waals surface area contributed by atoms with Crippen LogP contribution in [0.5, 0.6) is 0 Å². The van der Waals surface area contributed by atoms with Crippen LogP contribution in [0.25, 0.3) is 50.0 Å². The highest BCUT2D eigenvalue weighted by Gasteiger charge is 2.22. The average molecular weight is 391 g/mol. The van der Waals surface area contributed by atoms with Crippen LogP contribution < -0.4 is 11.2 Å². The highest BCUT2D eigenvalue weighted by Crippen LogP contribution is 2.34. The predicted octanol–water partition coefficient (Wildman–Crippen LogP) is 3.28. The Morgan fingerprint density at radius 2 is 1.27 bits per heavy atom. The normalized spacial score (nSPS) is 11.6. The number of rotatable bonds is 1. The molecule has 0 fully saturated rings. The van der Waals surface area contributed by atoms with Crippen molar-refractivity contribution in [1.82, 2.24) is 24.5 Å². The molecule has 0 bridgehead atoms. The highest BCUT2D eigenvalue weighted by molar-refractivity contribution is 6.05. The lowest BCUT2D eigenvalue weighted by Gasteiger charge is -2.20. The summed E-state index contributed by atoms with van der Waals surface area (Å²) in [6.45, 7) is 0. The number of benzene rings is 3. The second kappa shape index (κ2) is 6.05. The number of pyridine rings is 1. The SMILES string of the molecule is O=c1nc2n(-c3c4ccccc4nc4ccccc34)c3ccccc3nc-2c(=O)[nH]1. The van der Waals surface area contributed by atoms with Crippen molar-refractivity contribution in [3.05, 3.63) is 93.6 Å². The zero-order valence-electron chi connectivity index (χ0n) is 15.5. The van der Waals surface area contributed by atoms with Crippen LogP contribution in [-0.2, 0) is 0 Å². The summed E-state index contributed by atoms with van der Waals surface area (Å²) < 4.78 is 1.85. The van der Waals surface area contributed by atoms with Crippen molar-refractivity contribution in [2.75, 3.05) is 0 Å². The molecule has 1 N–H and O–H groups in total. The van der Waals surface area contributed by atoms with E-state index in [9.17, 15) is 9.59 Å². The monoisotopic (exact) mass is 391 g/mol. The van der Waals surface area contributed by atoms with Crippen molar-refractivity contribution in [2.45, 2.75) is 0 Å².